The van der Waals surface area contributed by atoms with Crippen LogP contribution in [0.5, 0.6) is 0 Å². The lowest BCUT2D eigenvalue weighted by Gasteiger charge is -2.11. The highest BCUT2D eigenvalue weighted by molar-refractivity contribution is 9.10. The van der Waals surface area contributed by atoms with Crippen LogP contribution in [0.1, 0.15) is 20.9 Å². The fourth-order valence-electron chi connectivity index (χ4n) is 2.08. The first-order valence-corrected chi connectivity index (χ1v) is 9.33. The van der Waals surface area contributed by atoms with E-state index in [9.17, 15) is 8.42 Å². The van der Waals surface area contributed by atoms with Crippen molar-refractivity contribution in [2.45, 2.75) is 32.3 Å². The van der Waals surface area contributed by atoms with E-state index in [2.05, 4.69) is 20.7 Å². The number of aliphatic hydroxyl groups is 1. The SMILES string of the molecule is Cc1cc(NS(=O)(=O)c2cc(CO)sc2C)cc(C)c1Br. The number of aryl methyl sites for hydroxylation is 3. The molecular weight excluding hydrogens is 374 g/mol. The van der Waals surface area contributed by atoms with Crippen molar-refractivity contribution in [2.24, 2.45) is 0 Å². The van der Waals surface area contributed by atoms with E-state index in [4.69, 9.17) is 5.11 Å². The van der Waals surface area contributed by atoms with Crippen LogP contribution >= 0.6 is 27.3 Å². The molecule has 4 nitrogen and oxygen atoms in total. The Morgan fingerprint density at radius 2 is 1.76 bits per heavy atom. The number of aliphatic hydroxyl groups excluding tert-OH is 1. The summed E-state index contributed by atoms with van der Waals surface area (Å²) in [5.74, 6) is 0. The van der Waals surface area contributed by atoms with E-state index in [0.29, 0.717) is 15.4 Å². The highest BCUT2D eigenvalue weighted by Crippen LogP contribution is 2.29. The molecule has 1 heterocycles. The van der Waals surface area contributed by atoms with E-state index in [0.717, 1.165) is 15.6 Å². The Morgan fingerprint density at radius 3 is 2.24 bits per heavy atom. The monoisotopic (exact) mass is 389 g/mol. The number of hydrogen-bond acceptors (Lipinski definition) is 4. The zero-order valence-corrected chi connectivity index (χ0v) is 15.1. The van der Waals surface area contributed by atoms with Gasteiger partial charge in [-0.2, -0.15) is 0 Å². The van der Waals surface area contributed by atoms with Crippen LogP contribution in [0.3, 0.4) is 0 Å². The van der Waals surface area contributed by atoms with Gasteiger partial charge in [-0.3, -0.25) is 4.72 Å². The fourth-order valence-corrected chi connectivity index (χ4v) is 4.85. The summed E-state index contributed by atoms with van der Waals surface area (Å²) in [6, 6.07) is 5.08. The molecule has 0 aliphatic carbocycles. The minimum absolute atomic E-state index is 0.155. The van der Waals surface area contributed by atoms with Gasteiger partial charge < -0.3 is 5.11 Å². The van der Waals surface area contributed by atoms with E-state index in [1.165, 1.54) is 17.4 Å². The van der Waals surface area contributed by atoms with Crippen molar-refractivity contribution in [3.8, 4) is 0 Å². The molecule has 114 valence electrons. The molecule has 2 rings (SSSR count). The molecule has 0 aliphatic heterocycles. The lowest BCUT2D eigenvalue weighted by molar-refractivity contribution is 0.285. The highest BCUT2D eigenvalue weighted by atomic mass is 79.9. The van der Waals surface area contributed by atoms with E-state index in [-0.39, 0.29) is 11.5 Å². The molecule has 0 unspecified atom stereocenters. The number of sulfonamides is 1. The van der Waals surface area contributed by atoms with E-state index in [1.54, 1.807) is 19.1 Å². The Hall–Kier alpha value is -0.890. The number of benzene rings is 1. The Morgan fingerprint density at radius 1 is 1.19 bits per heavy atom. The summed E-state index contributed by atoms with van der Waals surface area (Å²) >= 11 is 4.74. The molecule has 0 radical (unpaired) electrons. The molecule has 21 heavy (non-hydrogen) atoms. The van der Waals surface area contributed by atoms with Crippen LogP contribution in [0.2, 0.25) is 0 Å². The lowest BCUT2D eigenvalue weighted by Crippen LogP contribution is -2.13. The minimum atomic E-state index is -3.65. The van der Waals surface area contributed by atoms with Crippen molar-refractivity contribution in [1.29, 1.82) is 0 Å². The van der Waals surface area contributed by atoms with Gasteiger partial charge in [-0.15, -0.1) is 11.3 Å². The van der Waals surface area contributed by atoms with E-state index in [1.807, 2.05) is 13.8 Å². The normalized spacial score (nSPS) is 11.7. The molecule has 0 amide bonds. The first kappa shape index (κ1) is 16.5. The van der Waals surface area contributed by atoms with Crippen LogP contribution in [0.15, 0.2) is 27.6 Å². The zero-order valence-electron chi connectivity index (χ0n) is 11.9. The van der Waals surface area contributed by atoms with Gasteiger partial charge in [0.2, 0.25) is 0 Å². The van der Waals surface area contributed by atoms with Gasteiger partial charge in [0.1, 0.15) is 4.90 Å². The van der Waals surface area contributed by atoms with Crippen LogP contribution in [-0.2, 0) is 16.6 Å². The summed E-state index contributed by atoms with van der Waals surface area (Å²) < 4.78 is 28.5. The van der Waals surface area contributed by atoms with Gasteiger partial charge in [-0.1, -0.05) is 15.9 Å². The number of hydrogen-bond donors (Lipinski definition) is 2. The van der Waals surface area contributed by atoms with Gasteiger partial charge in [0.15, 0.2) is 0 Å². The molecule has 0 spiro atoms. The summed E-state index contributed by atoms with van der Waals surface area (Å²) in [6.45, 7) is 5.40. The molecule has 0 bridgehead atoms. The van der Waals surface area contributed by atoms with Crippen LogP contribution in [-0.4, -0.2) is 13.5 Å². The molecule has 0 aliphatic rings. The number of nitrogens with one attached hydrogen (secondary N) is 1. The second kappa shape index (κ2) is 6.08. The molecule has 1 aromatic heterocycles. The van der Waals surface area contributed by atoms with Gasteiger partial charge in [-0.25, -0.2) is 8.42 Å². The summed E-state index contributed by atoms with van der Waals surface area (Å²) in [6.07, 6.45) is 0. The fraction of sp³-hybridized carbons (Fsp3) is 0.286. The predicted octanol–water partition coefficient (Wildman–Crippen LogP) is 3.73. The lowest BCUT2D eigenvalue weighted by atomic mass is 10.1. The molecule has 2 aromatic rings. The third-order valence-electron chi connectivity index (χ3n) is 3.06. The molecule has 0 saturated carbocycles. The molecular formula is C14H16BrNO3S2. The van der Waals surface area contributed by atoms with Crippen molar-refractivity contribution in [3.63, 3.8) is 0 Å². The largest absolute Gasteiger partial charge is 0.391 e. The average Bonchev–Trinajstić information content (AvgIpc) is 2.77. The topological polar surface area (TPSA) is 66.4 Å². The van der Waals surface area contributed by atoms with E-state index >= 15 is 0 Å². The quantitative estimate of drug-likeness (QED) is 0.836. The maximum atomic E-state index is 12.5. The summed E-state index contributed by atoms with van der Waals surface area (Å²) in [7, 11) is -3.65. The average molecular weight is 390 g/mol. The van der Waals surface area contributed by atoms with Crippen LogP contribution in [0, 0.1) is 20.8 Å². The van der Waals surface area contributed by atoms with Crippen molar-refractivity contribution < 1.29 is 13.5 Å². The molecule has 0 saturated heterocycles. The molecule has 7 heteroatoms. The van der Waals surface area contributed by atoms with Gasteiger partial charge in [-0.05, 0) is 50.1 Å². The number of halogens is 1. The highest BCUT2D eigenvalue weighted by Gasteiger charge is 2.20. The Bertz CT molecular complexity index is 759. The minimum Gasteiger partial charge on any atom is -0.391 e. The van der Waals surface area contributed by atoms with Gasteiger partial charge in [0.25, 0.3) is 10.0 Å². The molecule has 0 atom stereocenters. The third kappa shape index (κ3) is 3.48. The molecule has 2 N–H and O–H groups in total. The number of anilines is 1. The number of rotatable bonds is 4. The first-order valence-electron chi connectivity index (χ1n) is 6.24. The second-order valence-electron chi connectivity index (χ2n) is 4.82. The summed E-state index contributed by atoms with van der Waals surface area (Å²) in [5.41, 5.74) is 2.46. The standard InChI is InChI=1S/C14H16BrNO3S2/c1-8-4-11(5-9(2)14(8)15)16-21(18,19)13-6-12(7-17)20-10(13)3/h4-6,16-17H,7H2,1-3H3. The molecule has 1 aromatic carbocycles. The summed E-state index contributed by atoms with van der Waals surface area (Å²) in [4.78, 5) is 1.52. The van der Waals surface area contributed by atoms with E-state index < -0.39 is 10.0 Å². The smallest absolute Gasteiger partial charge is 0.263 e. The Kier molecular flexibility index (Phi) is 4.77. The van der Waals surface area contributed by atoms with Crippen molar-refractivity contribution >= 4 is 43.0 Å². The van der Waals surface area contributed by atoms with Crippen LogP contribution in [0.4, 0.5) is 5.69 Å². The van der Waals surface area contributed by atoms with Crippen molar-refractivity contribution in [2.75, 3.05) is 4.72 Å². The van der Waals surface area contributed by atoms with Crippen molar-refractivity contribution in [1.82, 2.24) is 0 Å². The molecule has 0 fully saturated rings. The Labute approximate surface area is 137 Å². The first-order chi connectivity index (χ1) is 9.74. The zero-order chi connectivity index (χ0) is 15.8. The van der Waals surface area contributed by atoms with Gasteiger partial charge in [0.05, 0.1) is 6.61 Å². The van der Waals surface area contributed by atoms with Gasteiger partial charge >= 0.3 is 0 Å². The maximum Gasteiger partial charge on any atom is 0.263 e. The maximum absolute atomic E-state index is 12.5. The van der Waals surface area contributed by atoms with Gasteiger partial charge in [0, 0.05) is 19.9 Å². The van der Waals surface area contributed by atoms with Crippen LogP contribution < -0.4 is 4.72 Å². The van der Waals surface area contributed by atoms with Crippen molar-refractivity contribution in [3.05, 3.63) is 43.6 Å². The summed E-state index contributed by atoms with van der Waals surface area (Å²) in [5, 5.41) is 9.12. The third-order valence-corrected chi connectivity index (χ3v) is 6.98. The second-order valence-corrected chi connectivity index (χ2v) is 8.61. The van der Waals surface area contributed by atoms with Crippen LogP contribution in [0.25, 0.3) is 0 Å². The number of thiophene rings is 1. The Balaban J connectivity index is 2.39. The predicted molar refractivity (Wildman–Crippen MR) is 89.4 cm³/mol.